The molecule has 0 aromatic heterocycles. The zero-order chi connectivity index (χ0) is 14.0. The summed E-state index contributed by atoms with van der Waals surface area (Å²) in [4.78, 5) is 26.9. The van der Waals surface area contributed by atoms with Crippen LogP contribution in [0.2, 0.25) is 0 Å². The predicted molar refractivity (Wildman–Crippen MR) is 69.0 cm³/mol. The van der Waals surface area contributed by atoms with Crippen LogP contribution >= 0.6 is 0 Å². The van der Waals surface area contributed by atoms with Gasteiger partial charge in [0, 0.05) is 26.2 Å². The predicted octanol–water partition coefficient (Wildman–Crippen LogP) is 1.15. The van der Waals surface area contributed by atoms with Crippen LogP contribution in [-0.2, 0) is 9.53 Å². The fourth-order valence-corrected chi connectivity index (χ4v) is 3.04. The standard InChI is InChI=1S/C13H22N2O4/c1-9-8-10(19-2)5-7-14(9)13(18)15-6-3-4-11(15)12(16)17/h9-11H,3-8H2,1-2H3,(H,16,17)/t9?,10?,11-/m1/s1. The van der Waals surface area contributed by atoms with E-state index in [1.807, 2.05) is 6.92 Å². The molecule has 0 aromatic rings. The van der Waals surface area contributed by atoms with Gasteiger partial charge in [-0.2, -0.15) is 0 Å². The number of hydrogen-bond donors (Lipinski definition) is 1. The first-order valence-corrected chi connectivity index (χ1v) is 6.87. The van der Waals surface area contributed by atoms with Crippen molar-refractivity contribution < 1.29 is 19.4 Å². The Kier molecular flexibility index (Phi) is 4.29. The van der Waals surface area contributed by atoms with Gasteiger partial charge < -0.3 is 19.6 Å². The third kappa shape index (κ3) is 2.83. The quantitative estimate of drug-likeness (QED) is 0.817. The van der Waals surface area contributed by atoms with Crippen LogP contribution in [0.4, 0.5) is 4.79 Å². The number of aliphatic carboxylic acids is 1. The van der Waals surface area contributed by atoms with Crippen molar-refractivity contribution in [1.82, 2.24) is 9.80 Å². The molecule has 19 heavy (non-hydrogen) atoms. The van der Waals surface area contributed by atoms with Crippen LogP contribution in [0.1, 0.15) is 32.6 Å². The van der Waals surface area contributed by atoms with Crippen molar-refractivity contribution >= 4 is 12.0 Å². The second-order valence-electron chi connectivity index (χ2n) is 5.40. The van der Waals surface area contributed by atoms with Crippen LogP contribution in [-0.4, -0.2) is 65.3 Å². The molecule has 0 saturated carbocycles. The first-order chi connectivity index (χ1) is 9.04. The molecule has 0 radical (unpaired) electrons. The normalized spacial score (nSPS) is 31.6. The average molecular weight is 270 g/mol. The number of hydrogen-bond acceptors (Lipinski definition) is 3. The molecule has 2 rings (SSSR count). The van der Waals surface area contributed by atoms with Crippen molar-refractivity contribution in [3.05, 3.63) is 0 Å². The van der Waals surface area contributed by atoms with Crippen molar-refractivity contribution in [3.63, 3.8) is 0 Å². The molecule has 6 nitrogen and oxygen atoms in total. The average Bonchev–Trinajstić information content (AvgIpc) is 2.87. The second-order valence-corrected chi connectivity index (χ2v) is 5.40. The minimum Gasteiger partial charge on any atom is -0.480 e. The second kappa shape index (κ2) is 5.77. The van der Waals surface area contributed by atoms with E-state index in [9.17, 15) is 9.59 Å². The zero-order valence-corrected chi connectivity index (χ0v) is 11.5. The number of carboxylic acid groups (broad SMARTS) is 1. The van der Waals surface area contributed by atoms with Gasteiger partial charge in [0.15, 0.2) is 0 Å². The fourth-order valence-electron chi connectivity index (χ4n) is 3.04. The maximum absolute atomic E-state index is 12.5. The number of piperidine rings is 1. The van der Waals surface area contributed by atoms with Gasteiger partial charge in [0.1, 0.15) is 6.04 Å². The Bertz CT molecular complexity index is 361. The SMILES string of the molecule is COC1CCN(C(=O)N2CCC[C@@H]2C(=O)O)C(C)C1. The van der Waals surface area contributed by atoms with E-state index in [0.29, 0.717) is 19.5 Å². The molecular weight excluding hydrogens is 248 g/mol. The van der Waals surface area contributed by atoms with Crippen LogP contribution in [0.25, 0.3) is 0 Å². The van der Waals surface area contributed by atoms with E-state index in [0.717, 1.165) is 19.3 Å². The van der Waals surface area contributed by atoms with E-state index >= 15 is 0 Å². The van der Waals surface area contributed by atoms with E-state index in [1.165, 1.54) is 4.90 Å². The van der Waals surface area contributed by atoms with Crippen LogP contribution < -0.4 is 0 Å². The molecule has 0 spiro atoms. The minimum absolute atomic E-state index is 0.0984. The molecule has 2 unspecified atom stereocenters. The fraction of sp³-hybridized carbons (Fsp3) is 0.846. The van der Waals surface area contributed by atoms with Crippen molar-refractivity contribution in [2.75, 3.05) is 20.2 Å². The maximum atomic E-state index is 12.5. The Hall–Kier alpha value is -1.30. The minimum atomic E-state index is -0.898. The lowest BCUT2D eigenvalue weighted by Crippen LogP contribution is -2.54. The highest BCUT2D eigenvalue weighted by atomic mass is 16.5. The number of likely N-dealkylation sites (tertiary alicyclic amines) is 2. The first kappa shape index (κ1) is 14.1. The lowest BCUT2D eigenvalue weighted by Gasteiger charge is -2.39. The van der Waals surface area contributed by atoms with E-state index in [1.54, 1.807) is 12.0 Å². The molecule has 108 valence electrons. The monoisotopic (exact) mass is 270 g/mol. The number of carbonyl (C=O) groups excluding carboxylic acids is 1. The lowest BCUT2D eigenvalue weighted by atomic mass is 10.0. The van der Waals surface area contributed by atoms with Gasteiger partial charge >= 0.3 is 12.0 Å². The highest BCUT2D eigenvalue weighted by Gasteiger charge is 2.39. The lowest BCUT2D eigenvalue weighted by molar-refractivity contribution is -0.141. The van der Waals surface area contributed by atoms with Crippen molar-refractivity contribution in [3.8, 4) is 0 Å². The van der Waals surface area contributed by atoms with Crippen LogP contribution in [0, 0.1) is 0 Å². The Morgan fingerprint density at radius 1 is 1.21 bits per heavy atom. The highest BCUT2D eigenvalue weighted by Crippen LogP contribution is 2.25. The van der Waals surface area contributed by atoms with Crippen LogP contribution in [0.3, 0.4) is 0 Å². The summed E-state index contributed by atoms with van der Waals surface area (Å²) in [6.45, 7) is 3.18. The summed E-state index contributed by atoms with van der Waals surface area (Å²) < 4.78 is 5.33. The summed E-state index contributed by atoms with van der Waals surface area (Å²) in [5, 5.41) is 9.14. The summed E-state index contributed by atoms with van der Waals surface area (Å²) >= 11 is 0. The first-order valence-electron chi connectivity index (χ1n) is 6.87. The molecule has 2 amide bonds. The van der Waals surface area contributed by atoms with Gasteiger partial charge in [0.05, 0.1) is 6.10 Å². The van der Waals surface area contributed by atoms with Gasteiger partial charge in [-0.1, -0.05) is 0 Å². The van der Waals surface area contributed by atoms with Crippen LogP contribution in [0.5, 0.6) is 0 Å². The van der Waals surface area contributed by atoms with Crippen LogP contribution in [0.15, 0.2) is 0 Å². The number of carbonyl (C=O) groups is 2. The number of amides is 2. The van der Waals surface area contributed by atoms with E-state index in [4.69, 9.17) is 9.84 Å². The summed E-state index contributed by atoms with van der Waals surface area (Å²) in [6, 6.07) is -0.687. The van der Waals surface area contributed by atoms with Gasteiger partial charge in [-0.05, 0) is 32.6 Å². The number of rotatable bonds is 2. The van der Waals surface area contributed by atoms with Gasteiger partial charge in [0.2, 0.25) is 0 Å². The molecular formula is C13H22N2O4. The number of methoxy groups -OCH3 is 1. The van der Waals surface area contributed by atoms with Crippen molar-refractivity contribution in [1.29, 1.82) is 0 Å². The molecule has 2 fully saturated rings. The van der Waals surface area contributed by atoms with Gasteiger partial charge in [-0.3, -0.25) is 0 Å². The largest absolute Gasteiger partial charge is 0.480 e. The molecule has 1 N–H and O–H groups in total. The van der Waals surface area contributed by atoms with Crippen molar-refractivity contribution in [2.24, 2.45) is 0 Å². The Morgan fingerprint density at radius 2 is 1.95 bits per heavy atom. The third-order valence-corrected chi connectivity index (χ3v) is 4.19. The number of urea groups is 1. The van der Waals surface area contributed by atoms with Gasteiger partial charge in [-0.25, -0.2) is 9.59 Å². The van der Waals surface area contributed by atoms with E-state index in [2.05, 4.69) is 0 Å². The highest BCUT2D eigenvalue weighted by molar-refractivity contribution is 5.83. The van der Waals surface area contributed by atoms with E-state index < -0.39 is 12.0 Å². The van der Waals surface area contributed by atoms with Gasteiger partial charge in [-0.15, -0.1) is 0 Å². The molecule has 3 atom stereocenters. The summed E-state index contributed by atoms with van der Waals surface area (Å²) in [5.74, 6) is -0.898. The molecule has 2 heterocycles. The van der Waals surface area contributed by atoms with Crippen molar-refractivity contribution in [2.45, 2.75) is 50.8 Å². The maximum Gasteiger partial charge on any atom is 0.326 e. The molecule has 2 aliphatic heterocycles. The Labute approximate surface area is 113 Å². The summed E-state index contributed by atoms with van der Waals surface area (Å²) in [7, 11) is 1.69. The van der Waals surface area contributed by atoms with E-state index in [-0.39, 0.29) is 18.2 Å². The Balaban J connectivity index is 2.01. The Morgan fingerprint density at radius 3 is 2.53 bits per heavy atom. The third-order valence-electron chi connectivity index (χ3n) is 4.19. The zero-order valence-electron chi connectivity index (χ0n) is 11.5. The molecule has 0 aromatic carbocycles. The number of nitrogens with zero attached hydrogens (tertiary/aromatic N) is 2. The topological polar surface area (TPSA) is 70.1 Å². The molecule has 2 aliphatic rings. The molecule has 0 bridgehead atoms. The number of carboxylic acids is 1. The smallest absolute Gasteiger partial charge is 0.326 e. The molecule has 0 aliphatic carbocycles. The van der Waals surface area contributed by atoms with Gasteiger partial charge in [0.25, 0.3) is 0 Å². The number of ether oxygens (including phenoxy) is 1. The molecule has 6 heteroatoms. The summed E-state index contributed by atoms with van der Waals surface area (Å²) in [5.41, 5.74) is 0. The molecule has 2 saturated heterocycles. The summed E-state index contributed by atoms with van der Waals surface area (Å²) in [6.07, 6.45) is 3.16.